The van der Waals surface area contributed by atoms with Gasteiger partial charge in [-0.1, -0.05) is 34.8 Å². The molecule has 0 amide bonds. The van der Waals surface area contributed by atoms with E-state index < -0.39 is 33.7 Å². The third-order valence-electron chi connectivity index (χ3n) is 2.16. The molecule has 110 valence electrons. The summed E-state index contributed by atoms with van der Waals surface area (Å²) in [5, 5.41) is -1.16. The number of benzene rings is 1. The van der Waals surface area contributed by atoms with Crippen LogP contribution >= 0.6 is 47.2 Å². The molecule has 0 aliphatic heterocycles. The standard InChI is InChI=1S/C9H5Cl3F5N.ClH/c10-3-1-2-4(11)6(12)5(3)7(18)8(13,14)9(15,16)17;/h1-2,7H,18H2;1H/t7-;/m1./s1. The predicted molar refractivity (Wildman–Crippen MR) is 66.7 cm³/mol. The number of hydrogen-bond donors (Lipinski definition) is 1. The molecule has 1 aromatic rings. The van der Waals surface area contributed by atoms with Gasteiger partial charge in [-0.3, -0.25) is 0 Å². The largest absolute Gasteiger partial charge is 0.455 e. The highest BCUT2D eigenvalue weighted by Crippen LogP contribution is 2.47. The van der Waals surface area contributed by atoms with E-state index in [0.717, 1.165) is 12.1 Å². The molecule has 0 heterocycles. The van der Waals surface area contributed by atoms with Gasteiger partial charge in [0.25, 0.3) is 0 Å². The molecule has 2 N–H and O–H groups in total. The van der Waals surface area contributed by atoms with Gasteiger partial charge in [0.1, 0.15) is 6.04 Å². The fourth-order valence-electron chi connectivity index (χ4n) is 1.19. The van der Waals surface area contributed by atoms with E-state index in [4.69, 9.17) is 40.5 Å². The van der Waals surface area contributed by atoms with Gasteiger partial charge in [-0.15, -0.1) is 12.4 Å². The van der Waals surface area contributed by atoms with Gasteiger partial charge in [0.2, 0.25) is 0 Å². The Kier molecular flexibility index (Phi) is 6.18. The van der Waals surface area contributed by atoms with Crippen LogP contribution in [0.25, 0.3) is 0 Å². The van der Waals surface area contributed by atoms with Crippen LogP contribution in [0.15, 0.2) is 12.1 Å². The van der Waals surface area contributed by atoms with Crippen molar-refractivity contribution in [2.24, 2.45) is 5.73 Å². The molecule has 0 unspecified atom stereocenters. The lowest BCUT2D eigenvalue weighted by molar-refractivity contribution is -0.290. The van der Waals surface area contributed by atoms with Gasteiger partial charge in [0.05, 0.1) is 10.0 Å². The van der Waals surface area contributed by atoms with Crippen LogP contribution in [0.3, 0.4) is 0 Å². The Hall–Kier alpha value is -0.0100. The van der Waals surface area contributed by atoms with Crippen LogP contribution in [-0.4, -0.2) is 12.1 Å². The molecule has 0 spiro atoms. The molecule has 1 rings (SSSR count). The summed E-state index contributed by atoms with van der Waals surface area (Å²) >= 11 is 16.6. The lowest BCUT2D eigenvalue weighted by Crippen LogP contribution is -2.46. The maximum Gasteiger partial charge on any atom is 0.455 e. The molecule has 0 bridgehead atoms. The number of nitrogens with two attached hydrogens (primary N) is 1. The van der Waals surface area contributed by atoms with Crippen molar-refractivity contribution in [2.45, 2.75) is 18.1 Å². The highest BCUT2D eigenvalue weighted by atomic mass is 35.5. The van der Waals surface area contributed by atoms with Crippen molar-refractivity contribution in [3.05, 3.63) is 32.8 Å². The van der Waals surface area contributed by atoms with Gasteiger partial charge in [0, 0.05) is 10.6 Å². The van der Waals surface area contributed by atoms with Crippen molar-refractivity contribution in [2.75, 3.05) is 0 Å². The summed E-state index contributed by atoms with van der Waals surface area (Å²) < 4.78 is 62.7. The molecule has 0 fully saturated rings. The second kappa shape index (κ2) is 6.18. The molecule has 1 atom stereocenters. The van der Waals surface area contributed by atoms with Crippen LogP contribution in [0, 0.1) is 0 Å². The number of halogens is 9. The van der Waals surface area contributed by atoms with E-state index in [9.17, 15) is 22.0 Å². The molecule has 19 heavy (non-hydrogen) atoms. The monoisotopic (exact) mass is 363 g/mol. The molecular formula is C9H6Cl4F5N. The number of hydrogen-bond acceptors (Lipinski definition) is 1. The van der Waals surface area contributed by atoms with Gasteiger partial charge >= 0.3 is 12.1 Å². The van der Waals surface area contributed by atoms with Gasteiger partial charge < -0.3 is 5.73 Å². The Morgan fingerprint density at radius 3 is 1.79 bits per heavy atom. The average Bonchev–Trinajstić information content (AvgIpc) is 2.22. The molecule has 1 nitrogen and oxygen atoms in total. The molecular weight excluding hydrogens is 359 g/mol. The first kappa shape index (κ1) is 19.0. The Morgan fingerprint density at radius 2 is 1.37 bits per heavy atom. The smallest absolute Gasteiger partial charge is 0.319 e. The van der Waals surface area contributed by atoms with E-state index in [1.165, 1.54) is 0 Å². The minimum Gasteiger partial charge on any atom is -0.319 e. The van der Waals surface area contributed by atoms with Crippen molar-refractivity contribution >= 4 is 47.2 Å². The normalized spacial score (nSPS) is 13.9. The van der Waals surface area contributed by atoms with E-state index in [1.807, 2.05) is 0 Å². The Labute approximate surface area is 126 Å². The molecule has 0 aromatic heterocycles. The molecule has 0 saturated carbocycles. The first-order chi connectivity index (χ1) is 8.00. The first-order valence-electron chi connectivity index (χ1n) is 4.33. The SMILES string of the molecule is Cl.N[C@H](c1c(Cl)ccc(Cl)c1Cl)C(F)(F)C(F)(F)F. The summed E-state index contributed by atoms with van der Waals surface area (Å²) in [4.78, 5) is 0. The fraction of sp³-hybridized carbons (Fsp3) is 0.333. The van der Waals surface area contributed by atoms with Gasteiger partial charge in [-0.25, -0.2) is 0 Å². The van der Waals surface area contributed by atoms with Crippen LogP contribution in [0.2, 0.25) is 15.1 Å². The summed E-state index contributed by atoms with van der Waals surface area (Å²) in [6.07, 6.45) is -5.82. The minimum atomic E-state index is -5.82. The molecule has 1 aromatic carbocycles. The van der Waals surface area contributed by atoms with E-state index in [-0.39, 0.29) is 17.4 Å². The zero-order valence-corrected chi connectivity index (χ0v) is 11.8. The first-order valence-corrected chi connectivity index (χ1v) is 5.47. The Morgan fingerprint density at radius 1 is 0.947 bits per heavy atom. The summed E-state index contributed by atoms with van der Waals surface area (Å²) in [6.45, 7) is 0. The zero-order chi connectivity index (χ0) is 14.3. The molecule has 0 saturated heterocycles. The lowest BCUT2D eigenvalue weighted by Gasteiger charge is -2.27. The van der Waals surface area contributed by atoms with Crippen LogP contribution in [-0.2, 0) is 0 Å². The fourth-order valence-corrected chi connectivity index (χ4v) is 1.96. The highest BCUT2D eigenvalue weighted by Gasteiger charge is 2.62. The highest BCUT2D eigenvalue weighted by molar-refractivity contribution is 6.44. The van der Waals surface area contributed by atoms with Gasteiger partial charge in [0.15, 0.2) is 0 Å². The van der Waals surface area contributed by atoms with Crippen LogP contribution in [0.5, 0.6) is 0 Å². The third-order valence-corrected chi connectivity index (χ3v) is 3.31. The molecule has 0 aliphatic carbocycles. The van der Waals surface area contributed by atoms with Crippen molar-refractivity contribution in [1.82, 2.24) is 0 Å². The minimum absolute atomic E-state index is 0. The average molecular weight is 365 g/mol. The van der Waals surface area contributed by atoms with E-state index in [0.29, 0.717) is 0 Å². The van der Waals surface area contributed by atoms with Crippen molar-refractivity contribution < 1.29 is 22.0 Å². The Balaban J connectivity index is 0.00000324. The van der Waals surface area contributed by atoms with Gasteiger partial charge in [-0.2, -0.15) is 22.0 Å². The summed E-state index contributed by atoms with van der Waals surface area (Å²) in [6, 6.07) is -0.540. The summed E-state index contributed by atoms with van der Waals surface area (Å²) in [5.41, 5.74) is 4.19. The van der Waals surface area contributed by atoms with E-state index in [2.05, 4.69) is 0 Å². The van der Waals surface area contributed by atoms with Crippen molar-refractivity contribution in [3.8, 4) is 0 Å². The summed E-state index contributed by atoms with van der Waals surface area (Å²) in [5.74, 6) is -5.18. The number of rotatable bonds is 2. The van der Waals surface area contributed by atoms with Gasteiger partial charge in [-0.05, 0) is 12.1 Å². The van der Waals surface area contributed by atoms with Crippen LogP contribution < -0.4 is 5.73 Å². The van der Waals surface area contributed by atoms with E-state index >= 15 is 0 Å². The predicted octanol–water partition coefficient (Wildman–Crippen LogP) is 5.27. The van der Waals surface area contributed by atoms with Crippen molar-refractivity contribution in [1.29, 1.82) is 0 Å². The second-order valence-electron chi connectivity index (χ2n) is 3.36. The quantitative estimate of drug-likeness (QED) is 0.561. The Bertz CT molecular complexity index is 463. The lowest BCUT2D eigenvalue weighted by atomic mass is 10.0. The van der Waals surface area contributed by atoms with Crippen LogP contribution in [0.4, 0.5) is 22.0 Å². The second-order valence-corrected chi connectivity index (χ2v) is 4.55. The topological polar surface area (TPSA) is 26.0 Å². The van der Waals surface area contributed by atoms with Crippen LogP contribution in [0.1, 0.15) is 11.6 Å². The molecule has 10 heteroatoms. The molecule has 0 aliphatic rings. The number of alkyl halides is 5. The maximum absolute atomic E-state index is 13.1. The maximum atomic E-state index is 13.1. The van der Waals surface area contributed by atoms with Crippen molar-refractivity contribution in [3.63, 3.8) is 0 Å². The zero-order valence-electron chi connectivity index (χ0n) is 8.74. The summed E-state index contributed by atoms with van der Waals surface area (Å²) in [7, 11) is 0. The third kappa shape index (κ3) is 3.55. The molecule has 0 radical (unpaired) electrons. The van der Waals surface area contributed by atoms with E-state index in [1.54, 1.807) is 0 Å².